The molecule has 0 aromatic heterocycles. The maximum absolute atomic E-state index is 13.1. The smallest absolute Gasteiger partial charge is 0.334 e. The van der Waals surface area contributed by atoms with E-state index in [0.29, 0.717) is 31.3 Å². The van der Waals surface area contributed by atoms with Crippen molar-refractivity contribution in [2.75, 3.05) is 0 Å². The second-order valence-electron chi connectivity index (χ2n) is 11.7. The zero-order valence-corrected chi connectivity index (χ0v) is 20.4. The van der Waals surface area contributed by atoms with Gasteiger partial charge in [0.05, 0.1) is 11.0 Å². The van der Waals surface area contributed by atoms with Gasteiger partial charge in [-0.05, 0) is 76.9 Å². The van der Waals surface area contributed by atoms with Gasteiger partial charge in [-0.15, -0.1) is 0 Å². The number of ether oxygens (including phenoxy) is 1. The average Bonchev–Trinajstić information content (AvgIpc) is 3.04. The summed E-state index contributed by atoms with van der Waals surface area (Å²) in [6, 6.07) is 0. The Hall–Kier alpha value is -1.98. The lowest BCUT2D eigenvalue weighted by molar-refractivity contribution is -0.207. The van der Waals surface area contributed by atoms with Crippen LogP contribution in [0.3, 0.4) is 0 Å². The molecule has 5 heteroatoms. The van der Waals surface area contributed by atoms with Gasteiger partial charge in [0.2, 0.25) is 0 Å². The van der Waals surface area contributed by atoms with E-state index in [1.165, 1.54) is 0 Å². The van der Waals surface area contributed by atoms with Crippen LogP contribution in [0.5, 0.6) is 0 Å². The van der Waals surface area contributed by atoms with Crippen molar-refractivity contribution < 1.29 is 24.5 Å². The summed E-state index contributed by atoms with van der Waals surface area (Å²) in [4.78, 5) is 25.5. The number of carbonyl (C=O) groups excluding carboxylic acids is 2. The van der Waals surface area contributed by atoms with E-state index in [2.05, 4.69) is 13.0 Å². The highest BCUT2D eigenvalue weighted by Crippen LogP contribution is 2.68. The second kappa shape index (κ2) is 7.02. The van der Waals surface area contributed by atoms with Crippen LogP contribution in [-0.4, -0.2) is 39.3 Å². The maximum atomic E-state index is 13.1. The Balaban J connectivity index is 1.50. The van der Waals surface area contributed by atoms with Gasteiger partial charge in [-0.3, -0.25) is 4.79 Å². The minimum absolute atomic E-state index is 0.0216. The van der Waals surface area contributed by atoms with Gasteiger partial charge in [0.25, 0.3) is 0 Å². The summed E-state index contributed by atoms with van der Waals surface area (Å²) in [5.74, 6) is -0.613. The van der Waals surface area contributed by atoms with E-state index in [1.54, 1.807) is 19.9 Å². The maximum Gasteiger partial charge on any atom is 0.334 e. The Kier molecular flexibility index (Phi) is 4.85. The predicted molar refractivity (Wildman–Crippen MR) is 125 cm³/mol. The van der Waals surface area contributed by atoms with Crippen LogP contribution in [0.15, 0.2) is 47.1 Å². The summed E-state index contributed by atoms with van der Waals surface area (Å²) >= 11 is 0. The van der Waals surface area contributed by atoms with Gasteiger partial charge in [0.15, 0.2) is 5.78 Å². The Labute approximate surface area is 196 Å². The van der Waals surface area contributed by atoms with E-state index in [1.807, 2.05) is 32.1 Å². The lowest BCUT2D eigenvalue weighted by Crippen LogP contribution is -2.63. The first kappa shape index (κ1) is 22.8. The molecule has 1 aliphatic heterocycles. The minimum atomic E-state index is -1.26. The number of esters is 1. The Bertz CT molecular complexity index is 1040. The molecular weight excluding hydrogens is 416 g/mol. The zero-order valence-electron chi connectivity index (χ0n) is 20.4. The normalized spacial score (nSPS) is 46.2. The van der Waals surface area contributed by atoms with E-state index in [0.717, 1.165) is 17.6 Å². The van der Waals surface area contributed by atoms with Gasteiger partial charge in [0, 0.05) is 23.3 Å². The molecule has 0 saturated heterocycles. The second-order valence-corrected chi connectivity index (χ2v) is 11.7. The zero-order chi connectivity index (χ0) is 24.0. The third-order valence-corrected chi connectivity index (χ3v) is 10.4. The summed E-state index contributed by atoms with van der Waals surface area (Å²) in [7, 11) is 0. The molecule has 0 aromatic rings. The molecule has 33 heavy (non-hydrogen) atoms. The Morgan fingerprint density at radius 3 is 2.55 bits per heavy atom. The topological polar surface area (TPSA) is 83.8 Å². The number of hydrogen-bond acceptors (Lipinski definition) is 5. The summed E-state index contributed by atoms with van der Waals surface area (Å²) < 4.78 is 5.71. The highest BCUT2D eigenvalue weighted by atomic mass is 16.6. The van der Waals surface area contributed by atoms with Crippen molar-refractivity contribution >= 4 is 11.8 Å². The van der Waals surface area contributed by atoms with Crippen molar-refractivity contribution in [3.8, 4) is 0 Å². The standard InChI is InChI=1S/C28H36O5/c1-16-15-23(33-24(30)17(16)2)27(5,31)21-12-14-28(32)20-10-9-18-7-6-8-22(29)26(18,4)19(20)11-13-25(21,28)3/h6-10,19-21,23,31-32H,11-15H2,1-5H3/t19-,20+,21-,23+,25+,26-,27+,28+/m0/s1. The van der Waals surface area contributed by atoms with Gasteiger partial charge >= 0.3 is 5.97 Å². The number of allylic oxidation sites excluding steroid dienone is 5. The first-order valence-electron chi connectivity index (χ1n) is 12.3. The fourth-order valence-electron chi connectivity index (χ4n) is 8.03. The molecule has 0 unspecified atom stereocenters. The predicted octanol–water partition coefficient (Wildman–Crippen LogP) is 4.20. The van der Waals surface area contributed by atoms with Crippen molar-refractivity contribution in [1.82, 2.24) is 0 Å². The lowest BCUT2D eigenvalue weighted by Gasteiger charge is -2.60. The molecule has 0 amide bonds. The van der Waals surface area contributed by atoms with Gasteiger partial charge in [-0.25, -0.2) is 4.79 Å². The molecule has 2 saturated carbocycles. The van der Waals surface area contributed by atoms with Crippen LogP contribution < -0.4 is 0 Å². The number of carbonyl (C=O) groups is 2. The number of ketones is 1. The van der Waals surface area contributed by atoms with Crippen LogP contribution in [-0.2, 0) is 14.3 Å². The Morgan fingerprint density at radius 1 is 1.12 bits per heavy atom. The van der Waals surface area contributed by atoms with Crippen LogP contribution in [0.25, 0.3) is 0 Å². The first-order valence-corrected chi connectivity index (χ1v) is 12.3. The number of aliphatic hydroxyl groups is 2. The van der Waals surface area contributed by atoms with E-state index < -0.39 is 28.1 Å². The van der Waals surface area contributed by atoms with Gasteiger partial charge < -0.3 is 14.9 Å². The molecule has 8 atom stereocenters. The average molecular weight is 453 g/mol. The number of rotatable bonds is 2. The van der Waals surface area contributed by atoms with Crippen molar-refractivity contribution in [1.29, 1.82) is 0 Å². The van der Waals surface area contributed by atoms with Crippen molar-refractivity contribution in [3.63, 3.8) is 0 Å². The fraction of sp³-hybridized carbons (Fsp3) is 0.643. The fourth-order valence-corrected chi connectivity index (χ4v) is 8.03. The molecule has 2 N–H and O–H groups in total. The van der Waals surface area contributed by atoms with Gasteiger partial charge in [-0.1, -0.05) is 36.8 Å². The summed E-state index contributed by atoms with van der Waals surface area (Å²) in [5, 5.41) is 24.2. The minimum Gasteiger partial charge on any atom is -0.456 e. The molecule has 4 aliphatic carbocycles. The van der Waals surface area contributed by atoms with Crippen molar-refractivity contribution in [2.45, 2.75) is 84.0 Å². The first-order chi connectivity index (χ1) is 15.4. The molecule has 1 heterocycles. The van der Waals surface area contributed by atoms with Gasteiger partial charge in [-0.2, -0.15) is 0 Å². The SMILES string of the molecule is CC1=C(C)C(=O)O[C@@H]([C@](C)(O)[C@H]2CC[C@@]3(O)[C@@H]4C=CC5=CC=CC(=O)[C@]5(C)[C@H]4CC[C@]23C)C1. The molecule has 5 nitrogen and oxygen atoms in total. The molecule has 5 aliphatic rings. The molecule has 2 fully saturated rings. The number of cyclic esters (lactones) is 1. The summed E-state index contributed by atoms with van der Waals surface area (Å²) in [6.07, 6.45) is 12.2. The molecule has 0 spiro atoms. The van der Waals surface area contributed by atoms with Crippen LogP contribution in [0.1, 0.15) is 66.7 Å². The van der Waals surface area contributed by atoms with Crippen molar-refractivity contribution in [3.05, 3.63) is 47.1 Å². The molecule has 178 valence electrons. The lowest BCUT2D eigenvalue weighted by atomic mass is 9.46. The third kappa shape index (κ3) is 2.78. The summed E-state index contributed by atoms with van der Waals surface area (Å²) in [6.45, 7) is 9.59. The van der Waals surface area contributed by atoms with Crippen LogP contribution in [0.2, 0.25) is 0 Å². The Morgan fingerprint density at radius 2 is 1.85 bits per heavy atom. The van der Waals surface area contributed by atoms with Crippen LogP contribution in [0.4, 0.5) is 0 Å². The molecule has 0 radical (unpaired) electrons. The van der Waals surface area contributed by atoms with E-state index in [-0.39, 0.29) is 29.5 Å². The molecule has 5 rings (SSSR count). The summed E-state index contributed by atoms with van der Waals surface area (Å²) in [5.41, 5.74) is -0.876. The third-order valence-electron chi connectivity index (χ3n) is 10.4. The molecule has 0 aromatic carbocycles. The number of hydrogen-bond donors (Lipinski definition) is 2. The van der Waals surface area contributed by atoms with Gasteiger partial charge in [0.1, 0.15) is 11.7 Å². The largest absolute Gasteiger partial charge is 0.456 e. The van der Waals surface area contributed by atoms with E-state index in [9.17, 15) is 19.8 Å². The highest BCUT2D eigenvalue weighted by Gasteiger charge is 2.69. The highest BCUT2D eigenvalue weighted by molar-refractivity contribution is 5.99. The van der Waals surface area contributed by atoms with Crippen LogP contribution >= 0.6 is 0 Å². The molecule has 0 bridgehead atoms. The van der Waals surface area contributed by atoms with Crippen LogP contribution in [0, 0.1) is 28.6 Å². The van der Waals surface area contributed by atoms with Crippen molar-refractivity contribution in [2.24, 2.45) is 28.6 Å². The monoisotopic (exact) mass is 452 g/mol. The quantitative estimate of drug-likeness (QED) is 0.614. The van der Waals surface area contributed by atoms with E-state index in [4.69, 9.17) is 4.74 Å². The molecular formula is C28H36O5. The number of fused-ring (bicyclic) bond motifs is 5. The van der Waals surface area contributed by atoms with E-state index >= 15 is 0 Å².